The van der Waals surface area contributed by atoms with E-state index in [1.165, 1.54) is 0 Å². The molecule has 1 amide bonds. The molecule has 0 atom stereocenters. The minimum atomic E-state index is 0. The van der Waals surface area contributed by atoms with Crippen LogP contribution in [0.2, 0.25) is 0 Å². The van der Waals surface area contributed by atoms with E-state index in [0.29, 0.717) is 11.6 Å². The third-order valence-electron chi connectivity index (χ3n) is 4.12. The summed E-state index contributed by atoms with van der Waals surface area (Å²) in [5.74, 6) is 0.700. The molecule has 2 heterocycles. The smallest absolute Gasteiger partial charge is 0.274 e. The van der Waals surface area contributed by atoms with Crippen LogP contribution in [0.15, 0.2) is 22.7 Å². The number of hydrogen-bond acceptors (Lipinski definition) is 3. The molecule has 1 aliphatic rings. The maximum absolute atomic E-state index is 12.7. The van der Waals surface area contributed by atoms with Gasteiger partial charge in [-0.3, -0.25) is 9.89 Å². The molecule has 0 aliphatic carbocycles. The molecule has 2 aromatic rings. The van der Waals surface area contributed by atoms with Gasteiger partial charge >= 0.3 is 0 Å². The number of aromatic amines is 1. The fraction of sp³-hybridized carbons (Fsp3) is 0.467. The van der Waals surface area contributed by atoms with Crippen LogP contribution in [0.4, 0.5) is 0 Å². The van der Waals surface area contributed by atoms with E-state index in [-0.39, 0.29) is 18.3 Å². The zero-order chi connectivity index (χ0) is 14.8. The van der Waals surface area contributed by atoms with Crippen LogP contribution in [-0.4, -0.2) is 47.7 Å². The van der Waals surface area contributed by atoms with Gasteiger partial charge in [0.25, 0.3) is 5.91 Å². The molecule has 1 saturated heterocycles. The molecule has 0 spiro atoms. The lowest BCUT2D eigenvalue weighted by Gasteiger charge is -2.31. The lowest BCUT2D eigenvalue weighted by Crippen LogP contribution is -2.40. The summed E-state index contributed by atoms with van der Waals surface area (Å²) in [5, 5.41) is 11.2. The lowest BCUT2D eigenvalue weighted by molar-refractivity contribution is 0.0687. The van der Waals surface area contributed by atoms with Crippen molar-refractivity contribution in [2.45, 2.75) is 12.8 Å². The van der Waals surface area contributed by atoms with Crippen molar-refractivity contribution in [2.75, 3.05) is 26.7 Å². The van der Waals surface area contributed by atoms with Crippen molar-refractivity contribution < 1.29 is 4.79 Å². The molecule has 1 aromatic carbocycles. The van der Waals surface area contributed by atoms with Gasteiger partial charge in [-0.1, -0.05) is 15.9 Å². The van der Waals surface area contributed by atoms with Crippen molar-refractivity contribution in [2.24, 2.45) is 5.92 Å². The van der Waals surface area contributed by atoms with E-state index in [0.717, 1.165) is 47.9 Å². The minimum Gasteiger partial charge on any atom is -0.337 e. The Morgan fingerprint density at radius 2 is 2.18 bits per heavy atom. The first-order chi connectivity index (χ1) is 10.2. The van der Waals surface area contributed by atoms with E-state index >= 15 is 0 Å². The number of fused-ring (bicyclic) bond motifs is 1. The second kappa shape index (κ2) is 7.44. The number of carbonyl (C=O) groups excluding carboxylic acids is 1. The molecular weight excluding hydrogens is 368 g/mol. The van der Waals surface area contributed by atoms with Gasteiger partial charge in [0.1, 0.15) is 0 Å². The molecule has 7 heteroatoms. The number of piperidine rings is 1. The van der Waals surface area contributed by atoms with Gasteiger partial charge in [-0.05, 0) is 50.6 Å². The van der Waals surface area contributed by atoms with Gasteiger partial charge in [0.2, 0.25) is 0 Å². The average Bonchev–Trinajstić information content (AvgIpc) is 2.90. The van der Waals surface area contributed by atoms with Crippen LogP contribution in [0, 0.1) is 5.92 Å². The number of rotatable bonds is 3. The number of carbonyl (C=O) groups is 1. The number of nitrogens with one attached hydrogen (secondary N) is 2. The van der Waals surface area contributed by atoms with Gasteiger partial charge < -0.3 is 10.2 Å². The van der Waals surface area contributed by atoms with Crippen LogP contribution in [0.3, 0.4) is 0 Å². The van der Waals surface area contributed by atoms with Crippen molar-refractivity contribution in [1.82, 2.24) is 20.4 Å². The summed E-state index contributed by atoms with van der Waals surface area (Å²) in [6.45, 7) is 2.65. The Hall–Kier alpha value is -1.11. The summed E-state index contributed by atoms with van der Waals surface area (Å²) >= 11 is 3.45. The number of amides is 1. The number of aromatic nitrogens is 2. The number of hydrogen-bond donors (Lipinski definition) is 2. The number of halogens is 2. The fourth-order valence-corrected chi connectivity index (χ4v) is 3.29. The minimum absolute atomic E-state index is 0. The van der Waals surface area contributed by atoms with Gasteiger partial charge in [0, 0.05) is 22.9 Å². The zero-order valence-corrected chi connectivity index (χ0v) is 14.8. The summed E-state index contributed by atoms with van der Waals surface area (Å²) in [4.78, 5) is 14.6. The fourth-order valence-electron chi connectivity index (χ4n) is 2.93. The largest absolute Gasteiger partial charge is 0.337 e. The summed E-state index contributed by atoms with van der Waals surface area (Å²) in [7, 11) is 1.98. The molecule has 22 heavy (non-hydrogen) atoms. The maximum Gasteiger partial charge on any atom is 0.274 e. The predicted octanol–water partition coefficient (Wildman–Crippen LogP) is 2.82. The molecule has 0 radical (unpaired) electrons. The number of H-pyrrole nitrogens is 1. The van der Waals surface area contributed by atoms with E-state index in [9.17, 15) is 4.79 Å². The molecule has 3 rings (SSSR count). The topological polar surface area (TPSA) is 61.0 Å². The third kappa shape index (κ3) is 3.45. The second-order valence-corrected chi connectivity index (χ2v) is 6.47. The zero-order valence-electron chi connectivity index (χ0n) is 12.4. The quantitative estimate of drug-likeness (QED) is 0.851. The molecule has 2 N–H and O–H groups in total. The van der Waals surface area contributed by atoms with Crippen molar-refractivity contribution in [1.29, 1.82) is 0 Å². The third-order valence-corrected chi connectivity index (χ3v) is 4.62. The van der Waals surface area contributed by atoms with E-state index in [4.69, 9.17) is 0 Å². The molecular formula is C15H20BrClN4O. The number of nitrogens with zero attached hydrogens (tertiary/aromatic N) is 2. The number of benzene rings is 1. The molecule has 120 valence electrons. The van der Waals surface area contributed by atoms with Crippen molar-refractivity contribution in [3.8, 4) is 0 Å². The predicted molar refractivity (Wildman–Crippen MR) is 93.6 cm³/mol. The Morgan fingerprint density at radius 1 is 1.45 bits per heavy atom. The highest BCUT2D eigenvalue weighted by Crippen LogP contribution is 2.24. The summed E-state index contributed by atoms with van der Waals surface area (Å²) in [5.41, 5.74) is 1.42. The SMILES string of the molecule is CNCC1CCN(C(=O)c2n[nH]c3ccc(Br)cc23)CC1.Cl. The maximum atomic E-state index is 12.7. The molecule has 0 unspecified atom stereocenters. The molecule has 0 bridgehead atoms. The molecule has 5 nitrogen and oxygen atoms in total. The highest BCUT2D eigenvalue weighted by Gasteiger charge is 2.25. The van der Waals surface area contributed by atoms with Gasteiger partial charge in [-0.2, -0.15) is 5.10 Å². The Labute approximate surface area is 144 Å². The first-order valence-electron chi connectivity index (χ1n) is 7.26. The van der Waals surface area contributed by atoms with Gasteiger partial charge in [-0.25, -0.2) is 0 Å². The second-order valence-electron chi connectivity index (χ2n) is 5.56. The van der Waals surface area contributed by atoms with Crippen molar-refractivity contribution in [3.05, 3.63) is 28.4 Å². The Kier molecular flexibility index (Phi) is 5.83. The number of likely N-dealkylation sites (tertiary alicyclic amines) is 1. The normalized spacial score (nSPS) is 15.8. The van der Waals surface area contributed by atoms with Crippen LogP contribution in [-0.2, 0) is 0 Å². The highest BCUT2D eigenvalue weighted by molar-refractivity contribution is 9.10. The van der Waals surface area contributed by atoms with E-state index in [2.05, 4.69) is 31.4 Å². The van der Waals surface area contributed by atoms with Gasteiger partial charge in [-0.15, -0.1) is 12.4 Å². The molecule has 0 saturated carbocycles. The summed E-state index contributed by atoms with van der Waals surface area (Å²) in [6.07, 6.45) is 2.11. The van der Waals surface area contributed by atoms with E-state index in [1.807, 2.05) is 30.1 Å². The van der Waals surface area contributed by atoms with Crippen LogP contribution in [0.5, 0.6) is 0 Å². The van der Waals surface area contributed by atoms with E-state index < -0.39 is 0 Å². The van der Waals surface area contributed by atoms with Crippen molar-refractivity contribution in [3.63, 3.8) is 0 Å². The summed E-state index contributed by atoms with van der Waals surface area (Å²) in [6, 6.07) is 5.82. The van der Waals surface area contributed by atoms with Crippen LogP contribution < -0.4 is 5.32 Å². The average molecular weight is 388 g/mol. The summed E-state index contributed by atoms with van der Waals surface area (Å²) < 4.78 is 0.957. The molecule has 1 aromatic heterocycles. The van der Waals surface area contributed by atoms with Gasteiger partial charge in [0.15, 0.2) is 5.69 Å². The molecule has 1 aliphatic heterocycles. The standard InChI is InChI=1S/C15H19BrN4O.ClH/c1-17-9-10-4-6-20(7-5-10)15(21)14-12-8-11(16)2-3-13(12)18-19-14;/h2-3,8,10,17H,4-7,9H2,1H3,(H,18,19);1H. The Balaban J connectivity index is 0.00000176. The van der Waals surface area contributed by atoms with Crippen molar-refractivity contribution >= 4 is 45.1 Å². The Bertz CT molecular complexity index is 652. The highest BCUT2D eigenvalue weighted by atomic mass is 79.9. The first-order valence-corrected chi connectivity index (χ1v) is 8.06. The first kappa shape index (κ1) is 17.2. The van der Waals surface area contributed by atoms with Crippen LogP contribution in [0.1, 0.15) is 23.3 Å². The lowest BCUT2D eigenvalue weighted by atomic mass is 9.96. The molecule has 1 fully saturated rings. The monoisotopic (exact) mass is 386 g/mol. The van der Waals surface area contributed by atoms with Gasteiger partial charge in [0.05, 0.1) is 5.52 Å². The van der Waals surface area contributed by atoms with E-state index in [1.54, 1.807) is 0 Å². The Morgan fingerprint density at radius 3 is 2.86 bits per heavy atom. The van der Waals surface area contributed by atoms with Crippen LogP contribution >= 0.6 is 28.3 Å². The van der Waals surface area contributed by atoms with Crippen LogP contribution in [0.25, 0.3) is 10.9 Å².